The Labute approximate surface area is 767 Å². The largest absolute Gasteiger partial charge is 0.493 e. The van der Waals surface area contributed by atoms with E-state index in [4.69, 9.17) is 0 Å². The first kappa shape index (κ1) is 89.0. The van der Waals surface area contributed by atoms with E-state index in [0.717, 1.165) is 97.3 Å². The third-order valence-corrected chi connectivity index (χ3v) is 20.0. The normalized spacial score (nSPS) is 12.9. The summed E-state index contributed by atoms with van der Waals surface area (Å²) < 4.78 is 0. The number of aromatic nitrogens is 5. The maximum atomic E-state index is 4.63. The number of pyridine rings is 3. The molecule has 5 radical (unpaired) electrons. The summed E-state index contributed by atoms with van der Waals surface area (Å²) in [4.78, 5) is 44.1. The van der Waals surface area contributed by atoms with Crippen LogP contribution in [0, 0.1) is 98.3 Å². The van der Waals surface area contributed by atoms with Gasteiger partial charge in [-0.05, 0) is 141 Å². The number of aryl methyl sites for hydroxylation is 5. The smallest absolute Gasteiger partial charge is 0.145 e. The van der Waals surface area contributed by atoms with E-state index in [1.807, 2.05) is 145 Å². The summed E-state index contributed by atoms with van der Waals surface area (Å²) in [6.07, 6.45) is 8.92. The topological polar surface area (TPSA) is 96.8 Å². The van der Waals surface area contributed by atoms with E-state index < -0.39 is 0 Å². The Balaban J connectivity index is 0.000000144. The Morgan fingerprint density at radius 2 is 0.462 bits per heavy atom. The Hall–Kier alpha value is -10.8. The summed E-state index contributed by atoms with van der Waals surface area (Å²) >= 11 is 0. The Bertz CT molecular complexity index is 5240. The summed E-state index contributed by atoms with van der Waals surface area (Å²) in [5.74, 6) is 4.43. The second kappa shape index (κ2) is 40.8. The van der Waals surface area contributed by atoms with Gasteiger partial charge in [0, 0.05) is 171 Å². The average molecular weight is 2440 g/mol. The summed E-state index contributed by atoms with van der Waals surface area (Å²) in [6.45, 7) is 27.7. The Morgan fingerprint density at radius 1 is 0.218 bits per heavy atom. The van der Waals surface area contributed by atoms with Crippen molar-refractivity contribution >= 4 is 114 Å². The molecule has 9 heterocycles. The third-order valence-electron chi connectivity index (χ3n) is 20.0. The molecular formula is C99H83Ir5N15-10. The summed E-state index contributed by atoms with van der Waals surface area (Å²) in [5, 5.41) is 0. The number of benzene rings is 11. The molecule has 0 N–H and O–H groups in total. The number of rotatable bonds is 10. The van der Waals surface area contributed by atoms with E-state index in [1.165, 1.54) is 50.4 Å². The molecule has 11 aromatic carbocycles. The van der Waals surface area contributed by atoms with Gasteiger partial charge in [-0.3, -0.25) is 0 Å². The third kappa shape index (κ3) is 19.4. The van der Waals surface area contributed by atoms with E-state index in [0.29, 0.717) is 0 Å². The molecule has 5 aliphatic rings. The van der Waals surface area contributed by atoms with Crippen LogP contribution in [0.15, 0.2) is 328 Å². The SMILES string of the molecule is Cc1ccccc1N1[CH-]N(c2[c-]cc(C(C)(C)C)cc2)c2ncccc21.Cc1ccccc1N1[CH-]N(c2[c-]cccc2)c2ccccc21.Cc1ccccc1N1[CH-]N(c2[c-]cccc2)c2cccnc21.Cc1ccccc1N1[CH-]N(c2[c-]cccc2)c2ncccc21.Cc1ccccc1N1[CH-]N(c2[c-]cccc2)c2nccnc21.[Ir].[Ir].[Ir].[Ir].[Ir]. The molecule has 0 saturated carbocycles. The average Bonchev–Trinajstić information content (AvgIpc) is 1.66. The number of hydrogen-bond donors (Lipinski definition) is 0. The van der Waals surface area contributed by atoms with Crippen LogP contribution in [-0.2, 0) is 106 Å². The van der Waals surface area contributed by atoms with Crippen LogP contribution in [0.2, 0.25) is 0 Å². The van der Waals surface area contributed by atoms with E-state index in [-0.39, 0.29) is 106 Å². The zero-order valence-corrected chi connectivity index (χ0v) is 78.4. The molecule has 20 heteroatoms. The molecular weight excluding hydrogens is 2360 g/mol. The molecule has 0 spiro atoms. The number of hydrogen-bond acceptors (Lipinski definition) is 15. The molecule has 0 amide bonds. The quantitative estimate of drug-likeness (QED) is 0.121. The van der Waals surface area contributed by atoms with Crippen LogP contribution >= 0.6 is 0 Å². The van der Waals surface area contributed by atoms with Crippen molar-refractivity contribution in [1.82, 2.24) is 24.9 Å². The predicted octanol–water partition coefficient (Wildman–Crippen LogP) is 24.3. The number of para-hydroxylation sites is 11. The second-order valence-corrected chi connectivity index (χ2v) is 28.6. The fourth-order valence-corrected chi connectivity index (χ4v) is 14.2. The van der Waals surface area contributed by atoms with Crippen molar-refractivity contribution in [3.05, 3.63) is 425 Å². The van der Waals surface area contributed by atoms with Crippen molar-refractivity contribution in [2.24, 2.45) is 0 Å². The van der Waals surface area contributed by atoms with Gasteiger partial charge in [0.15, 0.2) is 0 Å². The van der Waals surface area contributed by atoms with E-state index in [9.17, 15) is 0 Å². The van der Waals surface area contributed by atoms with Crippen molar-refractivity contribution in [3.8, 4) is 0 Å². The zero-order chi connectivity index (χ0) is 78.1. The molecule has 4 aromatic heterocycles. The molecule has 119 heavy (non-hydrogen) atoms. The van der Waals surface area contributed by atoms with Gasteiger partial charge in [-0.15, -0.1) is 67.8 Å². The summed E-state index contributed by atoms with van der Waals surface area (Å²) in [5.41, 5.74) is 23.8. The van der Waals surface area contributed by atoms with Gasteiger partial charge in [-0.1, -0.05) is 129 Å². The zero-order valence-electron chi connectivity index (χ0n) is 66.4. The molecule has 0 aliphatic carbocycles. The van der Waals surface area contributed by atoms with Crippen molar-refractivity contribution in [3.63, 3.8) is 0 Å². The molecule has 0 bridgehead atoms. The van der Waals surface area contributed by atoms with Gasteiger partial charge < -0.3 is 49.0 Å². The standard InChI is InChI=1S/C23H23N3.C20H16N2.2C19H15N3.C18H14N4.5Ir/c1-17-8-5-6-9-20(17)26-16-25(22-21(26)10-7-15-24-22)19-13-11-18(12-14-19)23(2,3)4;1-16-9-5-6-12-18(16)22-15-21(17-10-3-2-4-11-17)19-13-7-8-14-20(19)22;1-15-8-5-6-11-17(15)22-14-21(16-9-3-2-4-10-16)19-18(22)12-7-13-20-19;1-15-8-5-6-11-17(15)22-14-21(16-9-3-2-4-10-16)18-12-7-13-20-19(18)22;1-14-7-5-6-10-16(14)22-13-21(15-8-3-2-4-9-15)17-18(22)20-12-11-19-17;;;;;/h5-13,15-16H,1-4H3;2-10,12-15H,1H3;2*2-9,11-14H,1H3;2-8,10-13H,1H3;;;;;/q5*-2;;;;;. The minimum atomic E-state index is 0. The maximum absolute atomic E-state index is 4.63. The predicted molar refractivity (Wildman–Crippen MR) is 465 cm³/mol. The molecule has 15 aromatic rings. The van der Waals surface area contributed by atoms with Gasteiger partial charge >= 0.3 is 0 Å². The Morgan fingerprint density at radius 3 is 0.815 bits per heavy atom. The molecule has 20 rings (SSSR count). The molecule has 609 valence electrons. The van der Waals surface area contributed by atoms with Gasteiger partial charge in [-0.25, -0.2) is 24.9 Å². The van der Waals surface area contributed by atoms with Crippen molar-refractivity contribution in [1.29, 1.82) is 0 Å². The van der Waals surface area contributed by atoms with Crippen LogP contribution < -0.4 is 49.0 Å². The second-order valence-electron chi connectivity index (χ2n) is 28.6. The molecule has 0 unspecified atom stereocenters. The van der Waals surface area contributed by atoms with Gasteiger partial charge in [0.1, 0.15) is 29.1 Å². The number of anilines is 20. The summed E-state index contributed by atoms with van der Waals surface area (Å²) in [6, 6.07) is 117. The minimum Gasteiger partial charge on any atom is -0.493 e. The van der Waals surface area contributed by atoms with E-state index >= 15 is 0 Å². The number of nitrogens with zero attached hydrogens (tertiary/aromatic N) is 15. The van der Waals surface area contributed by atoms with Crippen molar-refractivity contribution < 1.29 is 101 Å². The minimum absolute atomic E-state index is 0. The monoisotopic (exact) mass is 2450 g/mol. The van der Waals surface area contributed by atoms with Crippen LogP contribution in [0.25, 0.3) is 0 Å². The molecule has 15 nitrogen and oxygen atoms in total. The summed E-state index contributed by atoms with van der Waals surface area (Å²) in [7, 11) is 0. The van der Waals surface area contributed by atoms with Crippen molar-refractivity contribution in [2.45, 2.75) is 60.8 Å². The molecule has 0 fully saturated rings. The van der Waals surface area contributed by atoms with Gasteiger partial charge in [0.2, 0.25) is 0 Å². The molecule has 0 saturated heterocycles. The first-order valence-electron chi connectivity index (χ1n) is 37.9. The van der Waals surface area contributed by atoms with Gasteiger partial charge in [0.05, 0.1) is 17.1 Å². The van der Waals surface area contributed by atoms with Crippen LogP contribution in [0.5, 0.6) is 0 Å². The fraction of sp³-hybridized carbons (Fsp3) is 0.0909. The van der Waals surface area contributed by atoms with Crippen LogP contribution in [-0.4, -0.2) is 24.9 Å². The van der Waals surface area contributed by atoms with Crippen LogP contribution in [0.4, 0.5) is 114 Å². The number of fused-ring (bicyclic) bond motifs is 5. The van der Waals surface area contributed by atoms with Gasteiger partial charge in [-0.2, -0.15) is 145 Å². The van der Waals surface area contributed by atoms with E-state index in [2.05, 4.69) is 363 Å². The first-order chi connectivity index (χ1) is 55.8. The van der Waals surface area contributed by atoms with Gasteiger partial charge in [0.25, 0.3) is 0 Å². The molecule has 5 aliphatic heterocycles. The Kier molecular flexibility index (Phi) is 30.5. The van der Waals surface area contributed by atoms with E-state index in [1.54, 1.807) is 12.4 Å². The first-order valence-corrected chi connectivity index (χ1v) is 37.9. The van der Waals surface area contributed by atoms with Crippen LogP contribution in [0.3, 0.4) is 0 Å². The fourth-order valence-electron chi connectivity index (χ4n) is 14.2. The van der Waals surface area contributed by atoms with Crippen LogP contribution in [0.1, 0.15) is 54.2 Å². The molecule has 0 atom stereocenters. The van der Waals surface area contributed by atoms with Crippen molar-refractivity contribution in [2.75, 3.05) is 49.0 Å². The maximum Gasteiger partial charge on any atom is 0.145 e.